The largest absolute Gasteiger partial charge is 0.394 e. The van der Waals surface area contributed by atoms with Crippen LogP contribution in [0.2, 0.25) is 0 Å². The average Bonchev–Trinajstić information content (AvgIpc) is 3.52. The van der Waals surface area contributed by atoms with E-state index < -0.39 is 35.1 Å². The molecule has 3 saturated heterocycles. The van der Waals surface area contributed by atoms with Crippen molar-refractivity contribution in [2.45, 2.75) is 75.9 Å². The lowest BCUT2D eigenvalue weighted by molar-refractivity contribution is -0.151. The maximum Gasteiger partial charge on any atom is 0.246 e. The van der Waals surface area contributed by atoms with Crippen molar-refractivity contribution in [3.63, 3.8) is 0 Å². The van der Waals surface area contributed by atoms with Crippen LogP contribution in [0.3, 0.4) is 0 Å². The minimum atomic E-state index is -1.14. The van der Waals surface area contributed by atoms with Crippen molar-refractivity contribution < 1.29 is 24.2 Å². The monoisotopic (exact) mass is 519 g/mol. The molecule has 2 bridgehead atoms. The number of rotatable bonds is 9. The molecule has 2 unspecified atom stereocenters. The van der Waals surface area contributed by atoms with Gasteiger partial charge in [0, 0.05) is 12.6 Å². The molecule has 5 rings (SSSR count). The quantitative estimate of drug-likeness (QED) is 0.472. The van der Waals surface area contributed by atoms with Crippen LogP contribution in [-0.2, 0) is 25.7 Å². The molecule has 0 aliphatic carbocycles. The first-order chi connectivity index (χ1) is 18.3. The predicted molar refractivity (Wildman–Crippen MR) is 142 cm³/mol. The molecular formula is C30H37N3O5. The number of amides is 3. The third-order valence-corrected chi connectivity index (χ3v) is 8.58. The fraction of sp³-hybridized carbons (Fsp3) is 0.500. The van der Waals surface area contributed by atoms with E-state index in [1.165, 1.54) is 4.90 Å². The van der Waals surface area contributed by atoms with Crippen LogP contribution < -0.4 is 10.6 Å². The molecule has 202 valence electrons. The van der Waals surface area contributed by atoms with E-state index in [1.807, 2.05) is 81.4 Å². The molecular weight excluding hydrogens is 482 g/mol. The van der Waals surface area contributed by atoms with E-state index >= 15 is 0 Å². The molecule has 8 nitrogen and oxygen atoms in total. The Morgan fingerprint density at radius 3 is 2.32 bits per heavy atom. The number of carbonyl (C=O) groups is 3. The van der Waals surface area contributed by atoms with Crippen LogP contribution in [-0.4, -0.2) is 57.6 Å². The van der Waals surface area contributed by atoms with E-state index in [4.69, 9.17) is 4.74 Å². The molecule has 0 radical (unpaired) electrons. The van der Waals surface area contributed by atoms with Crippen LogP contribution in [0.25, 0.3) is 0 Å². The standard InChI is InChI=1S/C30H37N3O5/c1-4-29-15-16-30(38-29)24(23(29)26(35)31-17-20-11-7-5-8-12-20)28(37)33(25(30)27(36)32-19(2)3)22(18-34)21-13-9-6-10-14-21/h5-14,19,22-25,34H,4,15-18H2,1-3H3,(H,31,35)(H,32,36)/t22-,23-,24+,25?,29+,30?/m1/s1. The number of carbonyl (C=O) groups excluding carboxylic acids is 3. The molecule has 1 spiro atoms. The number of likely N-dealkylation sites (tertiary alicyclic amines) is 1. The summed E-state index contributed by atoms with van der Waals surface area (Å²) in [5, 5.41) is 16.5. The second kappa shape index (κ2) is 10.2. The summed E-state index contributed by atoms with van der Waals surface area (Å²) in [5.74, 6) is -2.41. The number of hydrogen-bond acceptors (Lipinski definition) is 5. The first-order valence-electron chi connectivity index (χ1n) is 13.6. The highest BCUT2D eigenvalue weighted by molar-refractivity contribution is 5.99. The maximum absolute atomic E-state index is 14.4. The molecule has 0 saturated carbocycles. The van der Waals surface area contributed by atoms with Crippen molar-refractivity contribution in [1.82, 2.24) is 15.5 Å². The zero-order chi connectivity index (χ0) is 27.1. The van der Waals surface area contributed by atoms with Crippen LogP contribution in [0.1, 0.15) is 57.2 Å². The summed E-state index contributed by atoms with van der Waals surface area (Å²) in [4.78, 5) is 43.5. The summed E-state index contributed by atoms with van der Waals surface area (Å²) in [5.41, 5.74) is -0.260. The summed E-state index contributed by atoms with van der Waals surface area (Å²) in [6.07, 6.45) is 1.65. The Bertz CT molecular complexity index is 1190. The van der Waals surface area contributed by atoms with Crippen molar-refractivity contribution in [3.05, 3.63) is 71.8 Å². The topological polar surface area (TPSA) is 108 Å². The maximum atomic E-state index is 14.4. The summed E-state index contributed by atoms with van der Waals surface area (Å²) >= 11 is 0. The number of nitrogens with zero attached hydrogens (tertiary/aromatic N) is 1. The normalized spacial score (nSPS) is 30.4. The van der Waals surface area contributed by atoms with E-state index in [0.717, 1.165) is 11.1 Å². The highest BCUT2D eigenvalue weighted by atomic mass is 16.5. The van der Waals surface area contributed by atoms with Crippen molar-refractivity contribution in [1.29, 1.82) is 0 Å². The minimum Gasteiger partial charge on any atom is -0.394 e. The van der Waals surface area contributed by atoms with E-state index in [1.54, 1.807) is 0 Å². The average molecular weight is 520 g/mol. The second-order valence-corrected chi connectivity index (χ2v) is 11.1. The van der Waals surface area contributed by atoms with E-state index in [2.05, 4.69) is 10.6 Å². The Morgan fingerprint density at radius 2 is 1.71 bits per heavy atom. The fourth-order valence-corrected chi connectivity index (χ4v) is 6.98. The number of hydrogen-bond donors (Lipinski definition) is 3. The van der Waals surface area contributed by atoms with Crippen LogP contribution in [0, 0.1) is 11.8 Å². The molecule has 2 aromatic carbocycles. The molecule has 0 aromatic heterocycles. The van der Waals surface area contributed by atoms with Crippen molar-refractivity contribution in [3.8, 4) is 0 Å². The minimum absolute atomic E-state index is 0.150. The summed E-state index contributed by atoms with van der Waals surface area (Å²) < 4.78 is 6.79. The summed E-state index contributed by atoms with van der Waals surface area (Å²) in [6, 6.07) is 17.0. The summed E-state index contributed by atoms with van der Waals surface area (Å²) in [6.45, 7) is 5.70. The van der Waals surface area contributed by atoms with Crippen molar-refractivity contribution >= 4 is 17.7 Å². The van der Waals surface area contributed by atoms with Crippen molar-refractivity contribution in [2.75, 3.05) is 6.61 Å². The third kappa shape index (κ3) is 4.10. The van der Waals surface area contributed by atoms with Gasteiger partial charge in [-0.3, -0.25) is 14.4 Å². The number of fused-ring (bicyclic) bond motifs is 1. The Kier molecular flexibility index (Phi) is 7.05. The van der Waals surface area contributed by atoms with Gasteiger partial charge in [-0.1, -0.05) is 67.6 Å². The van der Waals surface area contributed by atoms with Gasteiger partial charge in [0.1, 0.15) is 11.6 Å². The molecule has 3 fully saturated rings. The van der Waals surface area contributed by atoms with E-state index in [-0.39, 0.29) is 30.4 Å². The van der Waals surface area contributed by atoms with Gasteiger partial charge in [-0.25, -0.2) is 0 Å². The van der Waals surface area contributed by atoms with Gasteiger partial charge in [0.25, 0.3) is 0 Å². The van der Waals surface area contributed by atoms with E-state index in [9.17, 15) is 19.5 Å². The first-order valence-corrected chi connectivity index (χ1v) is 13.6. The van der Waals surface area contributed by atoms with Gasteiger partial charge in [-0.2, -0.15) is 0 Å². The molecule has 8 heteroatoms. The van der Waals surface area contributed by atoms with Gasteiger partial charge >= 0.3 is 0 Å². The van der Waals surface area contributed by atoms with Gasteiger partial charge in [-0.15, -0.1) is 0 Å². The van der Waals surface area contributed by atoms with E-state index in [0.29, 0.717) is 25.8 Å². The zero-order valence-corrected chi connectivity index (χ0v) is 22.2. The van der Waals surface area contributed by atoms with Gasteiger partial charge in [0.2, 0.25) is 17.7 Å². The highest BCUT2D eigenvalue weighted by Gasteiger charge is 2.79. The van der Waals surface area contributed by atoms with Gasteiger partial charge in [-0.05, 0) is 44.2 Å². The van der Waals surface area contributed by atoms with Crippen LogP contribution in [0.5, 0.6) is 0 Å². The Labute approximate surface area is 223 Å². The molecule has 38 heavy (non-hydrogen) atoms. The Hall–Kier alpha value is -3.23. The second-order valence-electron chi connectivity index (χ2n) is 11.1. The zero-order valence-electron chi connectivity index (χ0n) is 22.2. The van der Waals surface area contributed by atoms with Crippen LogP contribution >= 0.6 is 0 Å². The smallest absolute Gasteiger partial charge is 0.246 e. The molecule has 3 N–H and O–H groups in total. The number of nitrogens with one attached hydrogen (secondary N) is 2. The number of aliphatic hydroxyl groups is 1. The SMILES string of the molecule is CC[C@@]12CCC3(O1)C(C(=O)NC(C)C)N([C@H](CO)c1ccccc1)C(=O)[C@@H]3[C@@H]2C(=O)NCc1ccccc1. The lowest BCUT2D eigenvalue weighted by atomic mass is 9.65. The predicted octanol–water partition coefficient (Wildman–Crippen LogP) is 2.72. The van der Waals surface area contributed by atoms with Crippen LogP contribution in [0.15, 0.2) is 60.7 Å². The van der Waals surface area contributed by atoms with Crippen LogP contribution in [0.4, 0.5) is 0 Å². The lowest BCUT2D eigenvalue weighted by Crippen LogP contribution is -2.57. The molecule has 2 aromatic rings. The highest BCUT2D eigenvalue weighted by Crippen LogP contribution is 2.65. The number of benzene rings is 2. The number of ether oxygens (including phenoxy) is 1. The van der Waals surface area contributed by atoms with Gasteiger partial charge in [0.15, 0.2) is 0 Å². The Morgan fingerprint density at radius 1 is 1.05 bits per heavy atom. The lowest BCUT2D eigenvalue weighted by Gasteiger charge is -2.37. The fourth-order valence-electron chi connectivity index (χ4n) is 6.98. The molecule has 3 heterocycles. The molecule has 3 aliphatic heterocycles. The van der Waals surface area contributed by atoms with Gasteiger partial charge in [0.05, 0.1) is 30.1 Å². The van der Waals surface area contributed by atoms with Crippen molar-refractivity contribution in [2.24, 2.45) is 11.8 Å². The Balaban J connectivity index is 1.55. The third-order valence-electron chi connectivity index (χ3n) is 8.58. The molecule has 6 atom stereocenters. The molecule has 3 amide bonds. The summed E-state index contributed by atoms with van der Waals surface area (Å²) in [7, 11) is 0. The first kappa shape index (κ1) is 26.4. The molecule has 3 aliphatic rings. The number of aliphatic hydroxyl groups excluding tert-OH is 1. The van der Waals surface area contributed by atoms with Gasteiger partial charge < -0.3 is 25.4 Å².